The van der Waals surface area contributed by atoms with E-state index in [9.17, 15) is 9.59 Å². The first kappa shape index (κ1) is 15.2. The minimum Gasteiger partial charge on any atom is -0.479 e. The highest BCUT2D eigenvalue weighted by molar-refractivity contribution is 5.78. The van der Waals surface area contributed by atoms with Gasteiger partial charge in [-0.1, -0.05) is 13.3 Å². The number of aliphatic hydroxyl groups excluding tert-OH is 1. The second-order valence-electron chi connectivity index (χ2n) is 4.31. The summed E-state index contributed by atoms with van der Waals surface area (Å²) in [5.41, 5.74) is 0. The number of hydrogen-bond acceptors (Lipinski definition) is 4. The molecule has 0 saturated heterocycles. The van der Waals surface area contributed by atoms with Gasteiger partial charge in [0.05, 0.1) is 12.9 Å². The van der Waals surface area contributed by atoms with Crippen LogP contribution in [-0.4, -0.2) is 44.3 Å². The topological polar surface area (TPSA) is 104 Å². The zero-order valence-corrected chi connectivity index (χ0v) is 10.8. The van der Waals surface area contributed by atoms with Gasteiger partial charge < -0.3 is 20.1 Å². The molecule has 2 unspecified atom stereocenters. The quantitative estimate of drug-likeness (QED) is 0.624. The molecule has 0 bridgehead atoms. The van der Waals surface area contributed by atoms with E-state index in [2.05, 4.69) is 10.3 Å². The van der Waals surface area contributed by atoms with Crippen LogP contribution in [0, 0.1) is 0 Å². The van der Waals surface area contributed by atoms with E-state index in [0.29, 0.717) is 0 Å². The zero-order valence-electron chi connectivity index (χ0n) is 10.8. The summed E-state index contributed by atoms with van der Waals surface area (Å²) in [6, 6.07) is -0.00512. The summed E-state index contributed by atoms with van der Waals surface area (Å²) in [4.78, 5) is 26.1. The lowest BCUT2D eigenvalue weighted by Gasteiger charge is -2.17. The zero-order chi connectivity index (χ0) is 14.3. The molecule has 7 heteroatoms. The molecule has 0 aliphatic heterocycles. The molecule has 19 heavy (non-hydrogen) atoms. The Kier molecular flexibility index (Phi) is 6.01. The lowest BCUT2D eigenvalue weighted by Crippen LogP contribution is -2.37. The summed E-state index contributed by atoms with van der Waals surface area (Å²) >= 11 is 0. The molecule has 1 heterocycles. The number of amides is 1. The molecule has 0 aliphatic rings. The Hall–Kier alpha value is -1.89. The molecule has 1 rings (SSSR count). The Morgan fingerprint density at radius 2 is 2.21 bits per heavy atom. The van der Waals surface area contributed by atoms with Crippen molar-refractivity contribution in [2.24, 2.45) is 0 Å². The molecule has 7 nitrogen and oxygen atoms in total. The number of nitrogens with zero attached hydrogens (tertiary/aromatic N) is 2. The number of aliphatic carboxylic acids is 1. The number of hydrogen-bond donors (Lipinski definition) is 3. The van der Waals surface area contributed by atoms with Crippen LogP contribution in [0.2, 0.25) is 0 Å². The summed E-state index contributed by atoms with van der Waals surface area (Å²) in [5.74, 6) is -1.63. The lowest BCUT2D eigenvalue weighted by atomic mass is 10.1. The third-order valence-electron chi connectivity index (χ3n) is 2.77. The van der Waals surface area contributed by atoms with E-state index in [1.807, 2.05) is 11.5 Å². The van der Waals surface area contributed by atoms with Crippen molar-refractivity contribution < 1.29 is 19.8 Å². The van der Waals surface area contributed by atoms with Crippen molar-refractivity contribution in [3.8, 4) is 0 Å². The van der Waals surface area contributed by atoms with Crippen LogP contribution in [0.25, 0.3) is 0 Å². The van der Waals surface area contributed by atoms with Crippen molar-refractivity contribution in [2.45, 2.75) is 38.3 Å². The fourth-order valence-corrected chi connectivity index (χ4v) is 1.76. The van der Waals surface area contributed by atoms with Crippen LogP contribution in [-0.2, 0) is 9.59 Å². The van der Waals surface area contributed by atoms with Gasteiger partial charge in [0.15, 0.2) is 6.10 Å². The SMILES string of the molecule is CCCC(CC(=O)NCC(O)C(=O)O)n1ccnc1. The molecule has 0 aliphatic carbocycles. The van der Waals surface area contributed by atoms with E-state index in [1.54, 1.807) is 18.7 Å². The molecule has 0 spiro atoms. The standard InChI is InChI=1S/C12H19N3O4/c1-2-3-9(15-5-4-13-8-15)6-11(17)14-7-10(16)12(18)19/h4-5,8-10,16H,2-3,6-7H2,1H3,(H,14,17)(H,18,19). The van der Waals surface area contributed by atoms with Gasteiger partial charge >= 0.3 is 5.97 Å². The molecule has 1 aromatic heterocycles. The number of carboxylic acids is 1. The molecular formula is C12H19N3O4. The summed E-state index contributed by atoms with van der Waals surface area (Å²) in [5, 5.41) is 20.0. The molecule has 106 valence electrons. The Bertz CT molecular complexity index is 405. The number of aromatic nitrogens is 2. The van der Waals surface area contributed by atoms with E-state index in [1.165, 1.54) is 0 Å². The average molecular weight is 269 g/mol. The second-order valence-corrected chi connectivity index (χ2v) is 4.31. The van der Waals surface area contributed by atoms with Gasteiger partial charge in [-0.15, -0.1) is 0 Å². The van der Waals surface area contributed by atoms with Gasteiger partial charge in [0, 0.05) is 24.9 Å². The Balaban J connectivity index is 2.46. The van der Waals surface area contributed by atoms with Crippen LogP contribution < -0.4 is 5.32 Å². The van der Waals surface area contributed by atoms with Crippen molar-refractivity contribution in [3.63, 3.8) is 0 Å². The molecule has 0 radical (unpaired) electrons. The number of imidazole rings is 1. The monoisotopic (exact) mass is 269 g/mol. The highest BCUT2D eigenvalue weighted by atomic mass is 16.4. The molecular weight excluding hydrogens is 250 g/mol. The first-order valence-corrected chi connectivity index (χ1v) is 6.19. The summed E-state index contributed by atoms with van der Waals surface area (Å²) in [6.45, 7) is 1.74. The van der Waals surface area contributed by atoms with Gasteiger partial charge in [0.25, 0.3) is 0 Å². The van der Waals surface area contributed by atoms with Crippen molar-refractivity contribution in [3.05, 3.63) is 18.7 Å². The first-order valence-electron chi connectivity index (χ1n) is 6.19. The number of carbonyl (C=O) groups excluding carboxylic acids is 1. The molecule has 2 atom stereocenters. The maximum Gasteiger partial charge on any atom is 0.334 e. The molecule has 1 amide bonds. The molecule has 0 fully saturated rings. The van der Waals surface area contributed by atoms with Crippen molar-refractivity contribution in [2.75, 3.05) is 6.54 Å². The van der Waals surface area contributed by atoms with E-state index in [4.69, 9.17) is 10.2 Å². The number of rotatable bonds is 8. The van der Waals surface area contributed by atoms with E-state index in [0.717, 1.165) is 12.8 Å². The Morgan fingerprint density at radius 1 is 1.47 bits per heavy atom. The van der Waals surface area contributed by atoms with Crippen LogP contribution in [0.15, 0.2) is 18.7 Å². The fourth-order valence-electron chi connectivity index (χ4n) is 1.76. The summed E-state index contributed by atoms with van der Waals surface area (Å²) in [7, 11) is 0. The number of carbonyl (C=O) groups is 2. The second kappa shape index (κ2) is 7.52. The van der Waals surface area contributed by atoms with Gasteiger partial charge in [0.2, 0.25) is 5.91 Å². The molecule has 0 aromatic carbocycles. The fraction of sp³-hybridized carbons (Fsp3) is 0.583. The predicted octanol–water partition coefficient (Wildman–Crippen LogP) is 0.176. The molecule has 0 saturated carbocycles. The average Bonchev–Trinajstić information content (AvgIpc) is 2.89. The van der Waals surface area contributed by atoms with Gasteiger partial charge in [0.1, 0.15) is 0 Å². The number of nitrogens with one attached hydrogen (secondary N) is 1. The van der Waals surface area contributed by atoms with Crippen molar-refractivity contribution in [1.82, 2.24) is 14.9 Å². The van der Waals surface area contributed by atoms with Crippen LogP contribution >= 0.6 is 0 Å². The largest absolute Gasteiger partial charge is 0.479 e. The van der Waals surface area contributed by atoms with Crippen LogP contribution in [0.3, 0.4) is 0 Å². The van der Waals surface area contributed by atoms with E-state index < -0.39 is 12.1 Å². The highest BCUT2D eigenvalue weighted by Crippen LogP contribution is 2.17. The van der Waals surface area contributed by atoms with Gasteiger partial charge in [-0.05, 0) is 6.42 Å². The van der Waals surface area contributed by atoms with Gasteiger partial charge in [-0.25, -0.2) is 9.78 Å². The van der Waals surface area contributed by atoms with Crippen LogP contribution in [0.1, 0.15) is 32.2 Å². The van der Waals surface area contributed by atoms with Crippen molar-refractivity contribution in [1.29, 1.82) is 0 Å². The van der Waals surface area contributed by atoms with E-state index in [-0.39, 0.29) is 24.9 Å². The normalized spacial score (nSPS) is 13.8. The first-order chi connectivity index (χ1) is 9.04. The Morgan fingerprint density at radius 3 is 2.74 bits per heavy atom. The van der Waals surface area contributed by atoms with Crippen LogP contribution in [0.5, 0.6) is 0 Å². The maximum absolute atomic E-state index is 11.7. The number of carboxylic acid groups (broad SMARTS) is 1. The van der Waals surface area contributed by atoms with Crippen molar-refractivity contribution >= 4 is 11.9 Å². The highest BCUT2D eigenvalue weighted by Gasteiger charge is 2.17. The third kappa shape index (κ3) is 5.09. The molecule has 1 aromatic rings. The van der Waals surface area contributed by atoms with E-state index >= 15 is 0 Å². The predicted molar refractivity (Wildman–Crippen MR) is 67.4 cm³/mol. The van der Waals surface area contributed by atoms with Gasteiger partial charge in [-0.3, -0.25) is 4.79 Å². The summed E-state index contributed by atoms with van der Waals surface area (Å²) < 4.78 is 1.86. The maximum atomic E-state index is 11.7. The smallest absolute Gasteiger partial charge is 0.334 e. The minimum absolute atomic E-state index is 0.00512. The molecule has 3 N–H and O–H groups in total. The third-order valence-corrected chi connectivity index (χ3v) is 2.77. The van der Waals surface area contributed by atoms with Crippen LogP contribution in [0.4, 0.5) is 0 Å². The van der Waals surface area contributed by atoms with Gasteiger partial charge in [-0.2, -0.15) is 0 Å². The number of aliphatic hydroxyl groups is 1. The minimum atomic E-state index is -1.57. The summed E-state index contributed by atoms with van der Waals surface area (Å²) in [6.07, 6.45) is 5.51. The lowest BCUT2D eigenvalue weighted by molar-refractivity contribution is -0.146. The Labute approximate surface area is 111 Å².